The van der Waals surface area contributed by atoms with E-state index in [1.165, 1.54) is 0 Å². The molecule has 1 aliphatic carbocycles. The number of carbonyl (C=O) groups excluding carboxylic acids is 1. The molecule has 14 heavy (non-hydrogen) atoms. The maximum absolute atomic E-state index is 10.2. The molecule has 0 N–H and O–H groups in total. The van der Waals surface area contributed by atoms with Gasteiger partial charge in [0.2, 0.25) is 6.08 Å². The van der Waals surface area contributed by atoms with Crippen LogP contribution < -0.4 is 4.74 Å². The first-order valence-corrected chi connectivity index (χ1v) is 4.40. The molecule has 0 unspecified atom stereocenters. The van der Waals surface area contributed by atoms with Gasteiger partial charge in [0.05, 0.1) is 12.8 Å². The van der Waals surface area contributed by atoms with E-state index >= 15 is 0 Å². The van der Waals surface area contributed by atoms with Crippen LogP contribution in [0.5, 0.6) is 5.75 Å². The summed E-state index contributed by atoms with van der Waals surface area (Å²) in [6.07, 6.45) is 4.99. The lowest BCUT2D eigenvalue weighted by Gasteiger charge is -2.07. The number of methoxy groups -OCH3 is 1. The van der Waals surface area contributed by atoms with Crippen molar-refractivity contribution < 1.29 is 9.53 Å². The fourth-order valence-corrected chi connectivity index (χ4v) is 1.42. The normalized spacial score (nSPS) is 16.9. The van der Waals surface area contributed by atoms with Crippen molar-refractivity contribution in [3.63, 3.8) is 0 Å². The first-order valence-electron chi connectivity index (χ1n) is 4.40. The zero-order valence-corrected chi connectivity index (χ0v) is 7.86. The van der Waals surface area contributed by atoms with E-state index < -0.39 is 5.54 Å². The molecule has 0 atom stereocenters. The summed E-state index contributed by atoms with van der Waals surface area (Å²) in [6, 6.07) is 3.58. The van der Waals surface area contributed by atoms with Crippen LogP contribution in [-0.2, 0) is 10.3 Å². The average molecular weight is 190 g/mol. The highest BCUT2D eigenvalue weighted by Crippen LogP contribution is 2.48. The Kier molecular flexibility index (Phi) is 2.06. The van der Waals surface area contributed by atoms with Crippen LogP contribution in [0.15, 0.2) is 23.3 Å². The fourth-order valence-electron chi connectivity index (χ4n) is 1.42. The molecule has 1 aromatic heterocycles. The quantitative estimate of drug-likeness (QED) is 0.535. The summed E-state index contributed by atoms with van der Waals surface area (Å²) < 4.78 is 5.08. The summed E-state index contributed by atoms with van der Waals surface area (Å²) in [5.74, 6) is 0.738. The Bertz CT molecular complexity index is 393. The Morgan fingerprint density at radius 3 is 3.00 bits per heavy atom. The average Bonchev–Trinajstić information content (AvgIpc) is 3.00. The summed E-state index contributed by atoms with van der Waals surface area (Å²) in [5, 5.41) is 0. The van der Waals surface area contributed by atoms with E-state index in [-0.39, 0.29) is 0 Å². The van der Waals surface area contributed by atoms with E-state index in [0.717, 1.165) is 24.3 Å². The third kappa shape index (κ3) is 1.40. The van der Waals surface area contributed by atoms with Crippen LogP contribution in [0.2, 0.25) is 0 Å². The molecule has 1 aromatic rings. The molecule has 1 heterocycles. The Hall–Kier alpha value is -1.67. The van der Waals surface area contributed by atoms with E-state index in [1.54, 1.807) is 25.5 Å². The molecule has 2 rings (SSSR count). The molecule has 0 radical (unpaired) electrons. The lowest BCUT2D eigenvalue weighted by Crippen LogP contribution is -2.05. The van der Waals surface area contributed by atoms with E-state index in [4.69, 9.17) is 4.74 Å². The molecule has 4 nitrogen and oxygen atoms in total. The lowest BCUT2D eigenvalue weighted by molar-refractivity contribution is 0.412. The van der Waals surface area contributed by atoms with Crippen molar-refractivity contribution in [2.45, 2.75) is 18.4 Å². The van der Waals surface area contributed by atoms with Crippen molar-refractivity contribution in [2.75, 3.05) is 7.11 Å². The van der Waals surface area contributed by atoms with Crippen LogP contribution in [0.1, 0.15) is 18.5 Å². The monoisotopic (exact) mass is 190 g/mol. The van der Waals surface area contributed by atoms with E-state index in [2.05, 4.69) is 9.98 Å². The van der Waals surface area contributed by atoms with Gasteiger partial charge < -0.3 is 4.74 Å². The first-order chi connectivity index (χ1) is 6.80. The molecule has 4 heteroatoms. The van der Waals surface area contributed by atoms with Gasteiger partial charge in [-0.2, -0.15) is 4.99 Å². The molecule has 0 amide bonds. The number of isocyanates is 1. The van der Waals surface area contributed by atoms with Crippen molar-refractivity contribution in [3.05, 3.63) is 24.0 Å². The molecule has 0 aliphatic heterocycles. The Morgan fingerprint density at radius 2 is 2.43 bits per heavy atom. The molecule has 1 saturated carbocycles. The van der Waals surface area contributed by atoms with Crippen molar-refractivity contribution in [3.8, 4) is 5.75 Å². The number of aromatic nitrogens is 1. The van der Waals surface area contributed by atoms with Crippen LogP contribution in [0.25, 0.3) is 0 Å². The number of hydrogen-bond donors (Lipinski definition) is 0. The van der Waals surface area contributed by atoms with Gasteiger partial charge in [0.15, 0.2) is 0 Å². The summed E-state index contributed by atoms with van der Waals surface area (Å²) in [6.45, 7) is 0. The predicted molar refractivity (Wildman–Crippen MR) is 49.8 cm³/mol. The number of hydrogen-bond acceptors (Lipinski definition) is 4. The van der Waals surface area contributed by atoms with Gasteiger partial charge in [-0.1, -0.05) is 0 Å². The van der Waals surface area contributed by atoms with E-state index in [0.29, 0.717) is 0 Å². The minimum absolute atomic E-state index is 0.406. The molecular weight excluding hydrogens is 180 g/mol. The zero-order chi connectivity index (χ0) is 10.0. The SMILES string of the molecule is COc1ccnc(C2(N=C=O)CC2)c1. The molecule has 1 aliphatic rings. The van der Waals surface area contributed by atoms with Crippen molar-refractivity contribution >= 4 is 6.08 Å². The number of rotatable bonds is 3. The summed E-state index contributed by atoms with van der Waals surface area (Å²) >= 11 is 0. The highest BCUT2D eigenvalue weighted by molar-refractivity contribution is 5.40. The van der Waals surface area contributed by atoms with E-state index in [9.17, 15) is 4.79 Å². The molecule has 0 aromatic carbocycles. The van der Waals surface area contributed by atoms with Crippen LogP contribution in [-0.4, -0.2) is 18.2 Å². The Labute approximate surface area is 81.6 Å². The first kappa shape index (κ1) is 8.91. The lowest BCUT2D eigenvalue weighted by atomic mass is 10.1. The van der Waals surface area contributed by atoms with Gasteiger partial charge in [-0.15, -0.1) is 0 Å². The van der Waals surface area contributed by atoms with Crippen LogP contribution in [0.3, 0.4) is 0 Å². The predicted octanol–water partition coefficient (Wildman–Crippen LogP) is 1.42. The second-order valence-corrected chi connectivity index (χ2v) is 3.32. The number of aliphatic imine (C=N–C) groups is 1. The zero-order valence-electron chi connectivity index (χ0n) is 7.86. The Balaban J connectivity index is 2.36. The number of ether oxygens (including phenoxy) is 1. The molecule has 0 spiro atoms. The van der Waals surface area contributed by atoms with Crippen LogP contribution >= 0.6 is 0 Å². The number of nitrogens with zero attached hydrogens (tertiary/aromatic N) is 2. The van der Waals surface area contributed by atoms with Crippen molar-refractivity contribution in [2.24, 2.45) is 4.99 Å². The maximum atomic E-state index is 10.2. The number of pyridine rings is 1. The van der Waals surface area contributed by atoms with Gasteiger partial charge in [0, 0.05) is 12.3 Å². The maximum Gasteiger partial charge on any atom is 0.235 e. The van der Waals surface area contributed by atoms with Gasteiger partial charge >= 0.3 is 0 Å². The molecule has 72 valence electrons. The Morgan fingerprint density at radius 1 is 1.64 bits per heavy atom. The van der Waals surface area contributed by atoms with Crippen LogP contribution in [0.4, 0.5) is 0 Å². The minimum atomic E-state index is -0.406. The van der Waals surface area contributed by atoms with E-state index in [1.807, 2.05) is 6.07 Å². The molecule has 0 saturated heterocycles. The summed E-state index contributed by atoms with van der Waals surface area (Å²) in [5.41, 5.74) is 0.385. The van der Waals surface area contributed by atoms with Gasteiger partial charge in [0.25, 0.3) is 0 Å². The van der Waals surface area contributed by atoms with Crippen molar-refractivity contribution in [1.29, 1.82) is 0 Å². The second kappa shape index (κ2) is 3.24. The summed E-state index contributed by atoms with van der Waals surface area (Å²) in [7, 11) is 1.60. The highest BCUT2D eigenvalue weighted by atomic mass is 16.5. The fraction of sp³-hybridized carbons (Fsp3) is 0.400. The van der Waals surface area contributed by atoms with Crippen LogP contribution in [0, 0.1) is 0 Å². The van der Waals surface area contributed by atoms with Gasteiger partial charge in [-0.25, -0.2) is 4.79 Å². The molecular formula is C10H10N2O2. The van der Waals surface area contributed by atoms with Gasteiger partial charge in [0.1, 0.15) is 11.3 Å². The smallest absolute Gasteiger partial charge is 0.235 e. The van der Waals surface area contributed by atoms with Crippen molar-refractivity contribution in [1.82, 2.24) is 4.98 Å². The van der Waals surface area contributed by atoms with Gasteiger partial charge in [-0.3, -0.25) is 4.98 Å². The largest absolute Gasteiger partial charge is 0.497 e. The molecule has 1 fully saturated rings. The highest BCUT2D eigenvalue weighted by Gasteiger charge is 2.46. The minimum Gasteiger partial charge on any atom is -0.497 e. The standard InChI is InChI=1S/C10H10N2O2/c1-14-8-2-5-11-9(6-8)10(3-4-10)12-7-13/h2,5-6H,3-4H2,1H3. The summed E-state index contributed by atoms with van der Waals surface area (Å²) in [4.78, 5) is 18.2. The molecule has 0 bridgehead atoms. The topological polar surface area (TPSA) is 51.6 Å². The third-order valence-corrected chi connectivity index (χ3v) is 2.43. The third-order valence-electron chi connectivity index (χ3n) is 2.43. The second-order valence-electron chi connectivity index (χ2n) is 3.32. The van der Waals surface area contributed by atoms with Gasteiger partial charge in [-0.05, 0) is 18.9 Å².